The van der Waals surface area contributed by atoms with Crippen LogP contribution in [0.2, 0.25) is 0 Å². The molecule has 1 saturated carbocycles. The minimum absolute atomic E-state index is 0.322. The monoisotopic (exact) mass is 270 g/mol. The van der Waals surface area contributed by atoms with Gasteiger partial charge < -0.3 is 20.5 Å². The molecule has 1 saturated heterocycles. The van der Waals surface area contributed by atoms with Crippen molar-refractivity contribution >= 4 is 12.1 Å². The molecule has 1 aliphatic heterocycles. The zero-order chi connectivity index (χ0) is 14.5. The lowest BCUT2D eigenvalue weighted by Crippen LogP contribution is -2.47. The zero-order valence-electron chi connectivity index (χ0n) is 11.7. The molecule has 0 bridgehead atoms. The molecule has 2 aliphatic rings. The highest BCUT2D eigenvalue weighted by molar-refractivity contribution is 5.84. The van der Waals surface area contributed by atoms with Crippen LogP contribution in [0.5, 0.6) is 0 Å². The second-order valence-electron chi connectivity index (χ2n) is 6.70. The zero-order valence-corrected chi connectivity index (χ0v) is 11.7. The highest BCUT2D eigenvalue weighted by atomic mass is 16.6. The summed E-state index contributed by atoms with van der Waals surface area (Å²) in [6, 6.07) is 0. The van der Waals surface area contributed by atoms with Crippen molar-refractivity contribution in [3.8, 4) is 0 Å². The van der Waals surface area contributed by atoms with Crippen molar-refractivity contribution < 1.29 is 19.4 Å². The molecule has 1 unspecified atom stereocenters. The van der Waals surface area contributed by atoms with Crippen LogP contribution in [0.1, 0.15) is 40.0 Å². The third-order valence-electron chi connectivity index (χ3n) is 4.19. The van der Waals surface area contributed by atoms with Gasteiger partial charge in [0.1, 0.15) is 11.1 Å². The molecule has 6 heteroatoms. The van der Waals surface area contributed by atoms with Crippen molar-refractivity contribution in [1.82, 2.24) is 4.90 Å². The van der Waals surface area contributed by atoms with E-state index in [4.69, 9.17) is 15.6 Å². The van der Waals surface area contributed by atoms with Gasteiger partial charge in [-0.1, -0.05) is 0 Å². The van der Waals surface area contributed by atoms with Gasteiger partial charge in [-0.05, 0) is 40.0 Å². The van der Waals surface area contributed by atoms with Crippen LogP contribution in [0.3, 0.4) is 0 Å². The van der Waals surface area contributed by atoms with Crippen LogP contribution in [0.4, 0.5) is 4.79 Å². The molecule has 0 aromatic rings. The summed E-state index contributed by atoms with van der Waals surface area (Å²) in [6.07, 6.45) is 1.45. The maximum Gasteiger partial charge on any atom is 0.410 e. The number of hydrogen-bond acceptors (Lipinski definition) is 4. The molecule has 1 heterocycles. The number of carbonyl (C=O) groups excluding carboxylic acids is 1. The first-order valence-electron chi connectivity index (χ1n) is 6.60. The lowest BCUT2D eigenvalue weighted by molar-refractivity contribution is -0.141. The lowest BCUT2D eigenvalue weighted by Gasteiger charge is -2.34. The molecule has 0 aromatic heterocycles. The summed E-state index contributed by atoms with van der Waals surface area (Å²) in [5.74, 6) is -0.932. The van der Waals surface area contributed by atoms with Gasteiger partial charge >= 0.3 is 12.1 Å². The summed E-state index contributed by atoms with van der Waals surface area (Å²) in [5, 5.41) is 9.13. The fourth-order valence-electron chi connectivity index (χ4n) is 2.86. The molecule has 1 amide bonds. The van der Waals surface area contributed by atoms with E-state index in [2.05, 4.69) is 0 Å². The van der Waals surface area contributed by atoms with Crippen molar-refractivity contribution in [2.75, 3.05) is 13.1 Å². The molecule has 1 spiro atoms. The number of ether oxygens (including phenoxy) is 1. The Kier molecular flexibility index (Phi) is 3.04. The number of piperidine rings is 1. The Bertz CT molecular complexity index is 407. The smallest absolute Gasteiger partial charge is 0.410 e. The molecular weight excluding hydrogens is 248 g/mol. The molecule has 108 valence electrons. The quantitative estimate of drug-likeness (QED) is 0.746. The standard InChI is InChI=1S/C13H22N2O4/c1-11(2,3)19-10(18)15-6-4-12(5-7-15)8-13(12,14)9(16)17/h4-8,14H2,1-3H3,(H,16,17). The van der Waals surface area contributed by atoms with Crippen LogP contribution in [0.15, 0.2) is 0 Å². The largest absolute Gasteiger partial charge is 0.480 e. The number of nitrogens with two attached hydrogens (primary N) is 1. The molecule has 0 radical (unpaired) electrons. The van der Waals surface area contributed by atoms with Crippen molar-refractivity contribution in [2.24, 2.45) is 11.1 Å². The van der Waals surface area contributed by atoms with Crippen molar-refractivity contribution in [1.29, 1.82) is 0 Å². The number of likely N-dealkylation sites (tertiary alicyclic amines) is 1. The highest BCUT2D eigenvalue weighted by Gasteiger charge is 2.70. The average Bonchev–Trinajstić information content (AvgIpc) is 2.83. The van der Waals surface area contributed by atoms with Gasteiger partial charge in [0, 0.05) is 18.5 Å². The second-order valence-corrected chi connectivity index (χ2v) is 6.70. The van der Waals surface area contributed by atoms with Gasteiger partial charge in [0.05, 0.1) is 0 Å². The van der Waals surface area contributed by atoms with E-state index in [9.17, 15) is 9.59 Å². The van der Waals surface area contributed by atoms with Gasteiger partial charge in [0.2, 0.25) is 0 Å². The second kappa shape index (κ2) is 4.10. The summed E-state index contributed by atoms with van der Waals surface area (Å²) in [5.41, 5.74) is 3.97. The van der Waals surface area contributed by atoms with E-state index in [1.165, 1.54) is 0 Å². The van der Waals surface area contributed by atoms with Crippen LogP contribution in [-0.2, 0) is 9.53 Å². The van der Waals surface area contributed by atoms with E-state index in [1.807, 2.05) is 20.8 Å². The van der Waals surface area contributed by atoms with Gasteiger partial charge in [-0.15, -0.1) is 0 Å². The number of carboxylic acids is 1. The summed E-state index contributed by atoms with van der Waals surface area (Å²) in [6.45, 7) is 6.51. The minimum atomic E-state index is -1.09. The predicted octanol–water partition coefficient (Wildman–Crippen LogP) is 1.19. The average molecular weight is 270 g/mol. The van der Waals surface area contributed by atoms with Crippen LogP contribution in [0, 0.1) is 5.41 Å². The first-order chi connectivity index (χ1) is 8.60. The predicted molar refractivity (Wildman–Crippen MR) is 68.6 cm³/mol. The number of amides is 1. The van der Waals surface area contributed by atoms with Crippen LogP contribution in [-0.4, -0.2) is 46.3 Å². The molecule has 19 heavy (non-hydrogen) atoms. The lowest BCUT2D eigenvalue weighted by atomic mass is 9.88. The van der Waals surface area contributed by atoms with Gasteiger partial charge in [0.25, 0.3) is 0 Å². The summed E-state index contributed by atoms with van der Waals surface area (Å²) in [7, 11) is 0. The van der Waals surface area contributed by atoms with Crippen molar-refractivity contribution in [3.05, 3.63) is 0 Å². The molecule has 1 atom stereocenters. The summed E-state index contributed by atoms with van der Waals surface area (Å²) < 4.78 is 5.30. The normalized spacial score (nSPS) is 29.2. The number of hydrogen-bond donors (Lipinski definition) is 2. The Morgan fingerprint density at radius 3 is 2.16 bits per heavy atom. The topological polar surface area (TPSA) is 92.9 Å². The number of rotatable bonds is 1. The first kappa shape index (κ1) is 14.1. The van der Waals surface area contributed by atoms with Crippen LogP contribution in [0.25, 0.3) is 0 Å². The Balaban J connectivity index is 1.91. The minimum Gasteiger partial charge on any atom is -0.480 e. The van der Waals surface area contributed by atoms with E-state index in [1.54, 1.807) is 4.90 Å². The number of carboxylic acid groups (broad SMARTS) is 1. The SMILES string of the molecule is CC(C)(C)OC(=O)N1CCC2(CC1)CC2(N)C(=O)O. The number of nitrogens with zero attached hydrogens (tertiary/aromatic N) is 1. The van der Waals surface area contributed by atoms with Crippen LogP contribution >= 0.6 is 0 Å². The van der Waals surface area contributed by atoms with Gasteiger partial charge in [0.15, 0.2) is 0 Å². The van der Waals surface area contributed by atoms with E-state index in [0.29, 0.717) is 32.4 Å². The van der Waals surface area contributed by atoms with Gasteiger partial charge in [-0.3, -0.25) is 4.79 Å². The fourth-order valence-corrected chi connectivity index (χ4v) is 2.86. The third kappa shape index (κ3) is 2.41. The highest BCUT2D eigenvalue weighted by Crippen LogP contribution is 2.61. The third-order valence-corrected chi connectivity index (χ3v) is 4.19. The first-order valence-corrected chi connectivity index (χ1v) is 6.60. The van der Waals surface area contributed by atoms with E-state index >= 15 is 0 Å². The van der Waals surface area contributed by atoms with Crippen LogP contribution < -0.4 is 5.73 Å². The summed E-state index contributed by atoms with van der Waals surface area (Å²) >= 11 is 0. The van der Waals surface area contributed by atoms with E-state index in [-0.39, 0.29) is 11.5 Å². The molecule has 2 rings (SSSR count). The van der Waals surface area contributed by atoms with Crippen molar-refractivity contribution in [2.45, 2.75) is 51.2 Å². The fraction of sp³-hybridized carbons (Fsp3) is 0.846. The molecule has 6 nitrogen and oxygen atoms in total. The molecule has 0 aromatic carbocycles. The molecule has 2 fully saturated rings. The maximum absolute atomic E-state index is 11.9. The summed E-state index contributed by atoms with van der Waals surface area (Å²) in [4.78, 5) is 24.7. The Hall–Kier alpha value is -1.30. The number of carbonyl (C=O) groups is 2. The molecule has 3 N–H and O–H groups in total. The Morgan fingerprint density at radius 1 is 1.26 bits per heavy atom. The maximum atomic E-state index is 11.9. The van der Waals surface area contributed by atoms with Crippen molar-refractivity contribution in [3.63, 3.8) is 0 Å². The molecular formula is C13H22N2O4. The van der Waals surface area contributed by atoms with Gasteiger partial charge in [-0.2, -0.15) is 0 Å². The number of aliphatic carboxylic acids is 1. The van der Waals surface area contributed by atoms with E-state index < -0.39 is 17.1 Å². The Morgan fingerprint density at radius 2 is 1.79 bits per heavy atom. The molecule has 1 aliphatic carbocycles. The van der Waals surface area contributed by atoms with Gasteiger partial charge in [-0.25, -0.2) is 4.79 Å². The van der Waals surface area contributed by atoms with E-state index in [0.717, 1.165) is 0 Å². The Labute approximate surface area is 112 Å².